The monoisotopic (exact) mass is 301 g/mol. The fraction of sp³-hybridized carbons (Fsp3) is 0.353. The highest BCUT2D eigenvalue weighted by atomic mass is 32.1. The van der Waals surface area contributed by atoms with Crippen molar-refractivity contribution in [3.8, 4) is 0 Å². The Hall–Kier alpha value is -1.65. The van der Waals surface area contributed by atoms with Crippen molar-refractivity contribution in [2.45, 2.75) is 30.8 Å². The lowest BCUT2D eigenvalue weighted by atomic mass is 9.94. The van der Waals surface area contributed by atoms with E-state index >= 15 is 0 Å². The maximum atomic E-state index is 12.5. The van der Waals surface area contributed by atoms with E-state index in [-0.39, 0.29) is 17.9 Å². The second kappa shape index (κ2) is 5.28. The van der Waals surface area contributed by atoms with Crippen LogP contribution >= 0.6 is 11.3 Å². The van der Waals surface area contributed by atoms with Gasteiger partial charge in [-0.1, -0.05) is 30.3 Å². The zero-order chi connectivity index (χ0) is 14.9. The van der Waals surface area contributed by atoms with Gasteiger partial charge in [-0.3, -0.25) is 4.79 Å². The zero-order valence-corrected chi connectivity index (χ0v) is 12.8. The van der Waals surface area contributed by atoms with Crippen molar-refractivity contribution in [1.29, 1.82) is 0 Å². The molecule has 1 aliphatic rings. The maximum absolute atomic E-state index is 12.5. The van der Waals surface area contributed by atoms with Crippen molar-refractivity contribution in [3.05, 3.63) is 58.3 Å². The third-order valence-corrected chi connectivity index (χ3v) is 4.93. The first-order valence-corrected chi connectivity index (χ1v) is 8.08. The fourth-order valence-electron chi connectivity index (χ4n) is 2.62. The van der Waals surface area contributed by atoms with E-state index in [1.165, 1.54) is 0 Å². The molecule has 0 radical (unpaired) electrons. The van der Waals surface area contributed by atoms with Crippen LogP contribution in [0, 0.1) is 0 Å². The van der Waals surface area contributed by atoms with E-state index in [1.807, 2.05) is 47.2 Å². The standard InChI is InChI=1S/C17H19NO2S/c1-16(20,14-7-10-21-11-14)12-18-15(19)17(8-9-17)13-5-3-2-4-6-13/h2-7,10-11,20H,8-9,12H2,1H3,(H,18,19). The van der Waals surface area contributed by atoms with Gasteiger partial charge in [0.15, 0.2) is 0 Å². The van der Waals surface area contributed by atoms with Gasteiger partial charge in [-0.15, -0.1) is 0 Å². The third-order valence-electron chi connectivity index (χ3n) is 4.25. The van der Waals surface area contributed by atoms with E-state index in [0.29, 0.717) is 0 Å². The lowest BCUT2D eigenvalue weighted by Crippen LogP contribution is -2.42. The molecule has 1 fully saturated rings. The smallest absolute Gasteiger partial charge is 0.230 e. The van der Waals surface area contributed by atoms with Crippen LogP contribution < -0.4 is 5.32 Å². The number of benzene rings is 1. The van der Waals surface area contributed by atoms with Crippen molar-refractivity contribution in [3.63, 3.8) is 0 Å². The van der Waals surface area contributed by atoms with Crippen LogP contribution in [-0.4, -0.2) is 17.6 Å². The maximum Gasteiger partial charge on any atom is 0.230 e. The number of thiophene rings is 1. The summed E-state index contributed by atoms with van der Waals surface area (Å²) in [4.78, 5) is 12.5. The van der Waals surface area contributed by atoms with Gasteiger partial charge < -0.3 is 10.4 Å². The Morgan fingerprint density at radius 1 is 1.33 bits per heavy atom. The number of rotatable bonds is 5. The lowest BCUT2D eigenvalue weighted by Gasteiger charge is -2.24. The second-order valence-electron chi connectivity index (χ2n) is 5.92. The minimum absolute atomic E-state index is 0.0178. The van der Waals surface area contributed by atoms with Crippen molar-refractivity contribution >= 4 is 17.2 Å². The number of hydrogen-bond acceptors (Lipinski definition) is 3. The van der Waals surface area contributed by atoms with Crippen LogP contribution in [0.25, 0.3) is 0 Å². The molecule has 1 unspecified atom stereocenters. The van der Waals surface area contributed by atoms with E-state index in [1.54, 1.807) is 18.3 Å². The minimum atomic E-state index is -1.03. The highest BCUT2D eigenvalue weighted by Crippen LogP contribution is 2.48. The van der Waals surface area contributed by atoms with Crippen LogP contribution in [0.5, 0.6) is 0 Å². The highest BCUT2D eigenvalue weighted by Gasteiger charge is 2.51. The highest BCUT2D eigenvalue weighted by molar-refractivity contribution is 7.08. The Labute approximate surface area is 128 Å². The summed E-state index contributed by atoms with van der Waals surface area (Å²) in [6.07, 6.45) is 1.76. The van der Waals surface area contributed by atoms with Crippen molar-refractivity contribution in [2.24, 2.45) is 0 Å². The molecule has 21 heavy (non-hydrogen) atoms. The van der Waals surface area contributed by atoms with E-state index in [9.17, 15) is 9.90 Å². The molecule has 3 nitrogen and oxygen atoms in total. The number of hydrogen-bond donors (Lipinski definition) is 2. The third kappa shape index (κ3) is 2.74. The Morgan fingerprint density at radius 2 is 2.05 bits per heavy atom. The summed E-state index contributed by atoms with van der Waals surface area (Å²) in [6, 6.07) is 11.8. The molecule has 4 heteroatoms. The number of amides is 1. The molecule has 1 amide bonds. The molecule has 3 rings (SSSR count). The quantitative estimate of drug-likeness (QED) is 0.892. The first-order chi connectivity index (χ1) is 10.0. The van der Waals surface area contributed by atoms with Gasteiger partial charge in [0, 0.05) is 0 Å². The fourth-order valence-corrected chi connectivity index (χ4v) is 3.41. The van der Waals surface area contributed by atoms with E-state index in [4.69, 9.17) is 0 Å². The molecule has 0 spiro atoms. The molecule has 2 aromatic rings. The summed E-state index contributed by atoms with van der Waals surface area (Å²) < 4.78 is 0. The van der Waals surface area contributed by atoms with Crippen LogP contribution in [0.15, 0.2) is 47.2 Å². The molecule has 2 N–H and O–H groups in total. The van der Waals surface area contributed by atoms with Gasteiger partial charge in [0.25, 0.3) is 0 Å². The number of nitrogens with one attached hydrogen (secondary N) is 1. The summed E-state index contributed by atoms with van der Waals surface area (Å²) in [5.74, 6) is 0.0178. The summed E-state index contributed by atoms with van der Waals surface area (Å²) in [5.41, 5.74) is 0.504. The van der Waals surface area contributed by atoms with Crippen LogP contribution in [0.4, 0.5) is 0 Å². The first-order valence-electron chi connectivity index (χ1n) is 7.13. The molecule has 0 bridgehead atoms. The topological polar surface area (TPSA) is 49.3 Å². The van der Waals surface area contributed by atoms with Crippen LogP contribution in [-0.2, 0) is 15.8 Å². The molecular formula is C17H19NO2S. The molecular weight excluding hydrogens is 282 g/mol. The largest absolute Gasteiger partial charge is 0.384 e. The predicted octanol–water partition coefficient (Wildman–Crippen LogP) is 2.80. The van der Waals surface area contributed by atoms with Gasteiger partial charge >= 0.3 is 0 Å². The van der Waals surface area contributed by atoms with Crippen molar-refractivity contribution in [1.82, 2.24) is 5.32 Å². The summed E-state index contributed by atoms with van der Waals surface area (Å²) in [6.45, 7) is 1.97. The minimum Gasteiger partial charge on any atom is -0.384 e. The van der Waals surface area contributed by atoms with Crippen molar-refractivity contribution < 1.29 is 9.90 Å². The van der Waals surface area contributed by atoms with E-state index in [0.717, 1.165) is 24.0 Å². The molecule has 0 saturated heterocycles. The lowest BCUT2D eigenvalue weighted by molar-refractivity contribution is -0.124. The van der Waals surface area contributed by atoms with Gasteiger partial charge in [0.05, 0.1) is 12.0 Å². The Bertz CT molecular complexity index is 616. The summed E-state index contributed by atoms with van der Waals surface area (Å²) in [5, 5.41) is 17.2. The van der Waals surface area contributed by atoms with Crippen LogP contribution in [0.1, 0.15) is 30.9 Å². The zero-order valence-electron chi connectivity index (χ0n) is 12.0. The number of carbonyl (C=O) groups is 1. The average molecular weight is 301 g/mol. The Balaban J connectivity index is 1.68. The molecule has 1 aliphatic carbocycles. The van der Waals surface area contributed by atoms with Gasteiger partial charge in [-0.2, -0.15) is 11.3 Å². The number of aliphatic hydroxyl groups is 1. The molecule has 1 heterocycles. The van der Waals surface area contributed by atoms with E-state index in [2.05, 4.69) is 5.32 Å². The number of carbonyl (C=O) groups excluding carboxylic acids is 1. The first kappa shape index (κ1) is 14.3. The van der Waals surface area contributed by atoms with Gasteiger partial charge in [-0.05, 0) is 47.7 Å². The average Bonchev–Trinajstić information content (AvgIpc) is 3.11. The van der Waals surface area contributed by atoms with Gasteiger partial charge in [0.2, 0.25) is 5.91 Å². The Morgan fingerprint density at radius 3 is 2.62 bits per heavy atom. The molecule has 0 aliphatic heterocycles. The second-order valence-corrected chi connectivity index (χ2v) is 6.70. The van der Waals surface area contributed by atoms with Crippen molar-refractivity contribution in [2.75, 3.05) is 6.54 Å². The molecule has 1 aromatic carbocycles. The van der Waals surface area contributed by atoms with Crippen LogP contribution in [0.3, 0.4) is 0 Å². The Kier molecular flexibility index (Phi) is 3.59. The predicted molar refractivity (Wildman–Crippen MR) is 84.3 cm³/mol. The molecule has 1 atom stereocenters. The van der Waals surface area contributed by atoms with E-state index < -0.39 is 5.60 Å². The molecule has 1 saturated carbocycles. The van der Waals surface area contributed by atoms with Gasteiger partial charge in [0.1, 0.15) is 5.60 Å². The summed E-state index contributed by atoms with van der Waals surface area (Å²) in [7, 11) is 0. The normalized spacial score (nSPS) is 18.8. The SMILES string of the molecule is CC(O)(CNC(=O)C1(c2ccccc2)CC1)c1ccsc1. The summed E-state index contributed by atoms with van der Waals surface area (Å²) >= 11 is 1.54. The van der Waals surface area contributed by atoms with Crippen LogP contribution in [0.2, 0.25) is 0 Å². The molecule has 1 aromatic heterocycles. The molecule has 110 valence electrons. The van der Waals surface area contributed by atoms with Gasteiger partial charge in [-0.25, -0.2) is 0 Å².